The van der Waals surface area contributed by atoms with E-state index in [4.69, 9.17) is 11.6 Å². The zero-order valence-electron chi connectivity index (χ0n) is 9.11. The summed E-state index contributed by atoms with van der Waals surface area (Å²) in [5, 5.41) is 0.502. The normalized spacial score (nSPS) is 14.9. The molecule has 1 fully saturated rings. The molecule has 1 aliphatic rings. The van der Waals surface area contributed by atoms with Crippen LogP contribution in [0.15, 0.2) is 23.1 Å². The number of rotatable bonds is 3. The Bertz CT molecular complexity index is 417. The molecular weight excluding hydrogens is 242 g/mol. The van der Waals surface area contributed by atoms with Crippen molar-refractivity contribution in [3.63, 3.8) is 0 Å². The molecule has 0 N–H and O–H groups in total. The van der Waals surface area contributed by atoms with E-state index in [1.54, 1.807) is 18.2 Å². The number of halogens is 1. The molecule has 86 valence electrons. The lowest BCUT2D eigenvalue weighted by Gasteiger charge is -2.21. The first-order valence-corrected chi connectivity index (χ1v) is 6.25. The Hall–Kier alpha value is -0.670. The summed E-state index contributed by atoms with van der Waals surface area (Å²) < 4.78 is 0. The minimum Gasteiger partial charge on any atom is -0.336 e. The number of benzene rings is 1. The number of carbonyl (C=O) groups excluding carboxylic acids is 1. The largest absolute Gasteiger partial charge is 0.336 e. The second kappa shape index (κ2) is 4.68. The molecule has 2 nitrogen and oxygen atoms in total. The monoisotopic (exact) mass is 255 g/mol. The van der Waals surface area contributed by atoms with Crippen LogP contribution in [0.1, 0.15) is 30.1 Å². The maximum absolute atomic E-state index is 12.2. The summed E-state index contributed by atoms with van der Waals surface area (Å²) in [5.41, 5.74) is 0.558. The van der Waals surface area contributed by atoms with E-state index in [0.717, 1.165) is 24.3 Å². The van der Waals surface area contributed by atoms with E-state index in [2.05, 4.69) is 12.6 Å². The molecule has 1 amide bonds. The molecule has 0 bridgehead atoms. The number of carbonyl (C=O) groups is 1. The van der Waals surface area contributed by atoms with Crippen molar-refractivity contribution >= 4 is 30.1 Å². The van der Waals surface area contributed by atoms with Crippen LogP contribution in [-0.4, -0.2) is 23.4 Å². The van der Waals surface area contributed by atoms with Crippen molar-refractivity contribution in [2.24, 2.45) is 0 Å². The fourth-order valence-corrected chi connectivity index (χ4v) is 2.19. The van der Waals surface area contributed by atoms with E-state index in [-0.39, 0.29) is 5.91 Å². The molecule has 2 rings (SSSR count). The van der Waals surface area contributed by atoms with Crippen molar-refractivity contribution in [3.8, 4) is 0 Å². The Morgan fingerprint density at radius 1 is 1.56 bits per heavy atom. The summed E-state index contributed by atoms with van der Waals surface area (Å²) in [6.07, 6.45) is 2.22. The summed E-state index contributed by atoms with van der Waals surface area (Å²) >= 11 is 10.3. The highest BCUT2D eigenvalue weighted by molar-refractivity contribution is 7.80. The van der Waals surface area contributed by atoms with E-state index in [1.165, 1.54) is 0 Å². The summed E-state index contributed by atoms with van der Waals surface area (Å²) in [5.74, 6) is 0.0194. The summed E-state index contributed by atoms with van der Waals surface area (Å²) in [6, 6.07) is 5.66. The second-order valence-corrected chi connectivity index (χ2v) is 4.91. The van der Waals surface area contributed by atoms with E-state index < -0.39 is 0 Å². The first-order chi connectivity index (χ1) is 7.63. The molecule has 0 spiro atoms. The number of hydrogen-bond donors (Lipinski definition) is 1. The van der Waals surface area contributed by atoms with Crippen molar-refractivity contribution in [2.45, 2.75) is 30.7 Å². The lowest BCUT2D eigenvalue weighted by Crippen LogP contribution is -2.33. The van der Waals surface area contributed by atoms with Gasteiger partial charge in [0, 0.05) is 17.5 Å². The zero-order chi connectivity index (χ0) is 11.7. The van der Waals surface area contributed by atoms with Gasteiger partial charge in [0.2, 0.25) is 0 Å². The molecule has 0 heterocycles. The number of amides is 1. The van der Waals surface area contributed by atoms with Gasteiger partial charge in [-0.15, -0.1) is 12.6 Å². The number of nitrogens with zero attached hydrogens (tertiary/aromatic N) is 1. The van der Waals surface area contributed by atoms with Crippen molar-refractivity contribution in [1.82, 2.24) is 4.90 Å². The van der Waals surface area contributed by atoms with Crippen LogP contribution in [0.3, 0.4) is 0 Å². The highest BCUT2D eigenvalue weighted by atomic mass is 35.5. The van der Waals surface area contributed by atoms with Gasteiger partial charge in [0.25, 0.3) is 5.91 Å². The molecule has 0 unspecified atom stereocenters. The fourth-order valence-electron chi connectivity index (χ4n) is 1.79. The predicted octanol–water partition coefficient (Wildman–Crippen LogP) is 3.25. The Morgan fingerprint density at radius 2 is 2.25 bits per heavy atom. The number of hydrogen-bond acceptors (Lipinski definition) is 2. The van der Waals surface area contributed by atoms with Gasteiger partial charge in [-0.1, -0.05) is 11.6 Å². The fraction of sp³-hybridized carbons (Fsp3) is 0.417. The quantitative estimate of drug-likeness (QED) is 0.822. The molecule has 0 atom stereocenters. The van der Waals surface area contributed by atoms with Gasteiger partial charge in [0.1, 0.15) is 0 Å². The van der Waals surface area contributed by atoms with Gasteiger partial charge in [-0.3, -0.25) is 4.79 Å². The van der Waals surface area contributed by atoms with E-state index in [0.29, 0.717) is 16.6 Å². The SMILES string of the molecule is CCN(C(=O)c1cc(S)ccc1Cl)C1CC1. The molecule has 1 aliphatic carbocycles. The van der Waals surface area contributed by atoms with Crippen molar-refractivity contribution in [2.75, 3.05) is 6.54 Å². The van der Waals surface area contributed by atoms with Crippen molar-refractivity contribution < 1.29 is 4.79 Å². The van der Waals surface area contributed by atoms with E-state index in [1.807, 2.05) is 11.8 Å². The van der Waals surface area contributed by atoms with Crippen LogP contribution in [0.4, 0.5) is 0 Å². The molecule has 0 aliphatic heterocycles. The first-order valence-electron chi connectivity index (χ1n) is 5.43. The van der Waals surface area contributed by atoms with Crippen LogP contribution in [-0.2, 0) is 0 Å². The average molecular weight is 256 g/mol. The Morgan fingerprint density at radius 3 is 2.81 bits per heavy atom. The molecule has 1 aromatic carbocycles. The van der Waals surface area contributed by atoms with Crippen LogP contribution in [0.25, 0.3) is 0 Å². The minimum absolute atomic E-state index is 0.0194. The standard InChI is InChI=1S/C12H14ClNOS/c1-2-14(8-3-4-8)12(15)10-7-9(16)5-6-11(10)13/h5-8,16H,2-4H2,1H3. The minimum atomic E-state index is 0.0194. The third kappa shape index (κ3) is 2.36. The second-order valence-electron chi connectivity index (χ2n) is 3.99. The van der Waals surface area contributed by atoms with Gasteiger partial charge in [-0.05, 0) is 38.0 Å². The Kier molecular flexibility index (Phi) is 3.45. The average Bonchev–Trinajstić information content (AvgIpc) is 3.07. The van der Waals surface area contributed by atoms with Crippen molar-refractivity contribution in [1.29, 1.82) is 0 Å². The lowest BCUT2D eigenvalue weighted by atomic mass is 10.2. The van der Waals surface area contributed by atoms with E-state index >= 15 is 0 Å². The third-order valence-corrected chi connectivity index (χ3v) is 3.38. The molecule has 16 heavy (non-hydrogen) atoms. The van der Waals surface area contributed by atoms with Crippen LogP contribution >= 0.6 is 24.2 Å². The first kappa shape index (κ1) is 11.8. The van der Waals surface area contributed by atoms with Gasteiger partial charge in [-0.2, -0.15) is 0 Å². The van der Waals surface area contributed by atoms with Gasteiger partial charge >= 0.3 is 0 Å². The Balaban J connectivity index is 2.28. The molecule has 1 saturated carbocycles. The van der Waals surface area contributed by atoms with Gasteiger partial charge < -0.3 is 4.90 Å². The van der Waals surface area contributed by atoms with Crippen LogP contribution in [0, 0.1) is 0 Å². The summed E-state index contributed by atoms with van der Waals surface area (Å²) in [4.78, 5) is 14.9. The molecule has 0 radical (unpaired) electrons. The van der Waals surface area contributed by atoms with Crippen LogP contribution in [0.2, 0.25) is 5.02 Å². The van der Waals surface area contributed by atoms with E-state index in [9.17, 15) is 4.79 Å². The highest BCUT2D eigenvalue weighted by Gasteiger charge is 2.32. The maximum atomic E-state index is 12.2. The van der Waals surface area contributed by atoms with Crippen LogP contribution in [0.5, 0.6) is 0 Å². The topological polar surface area (TPSA) is 20.3 Å². The molecule has 4 heteroatoms. The number of thiol groups is 1. The third-order valence-electron chi connectivity index (χ3n) is 2.77. The van der Waals surface area contributed by atoms with Crippen LogP contribution < -0.4 is 0 Å². The molecule has 1 aromatic rings. The molecule has 0 aromatic heterocycles. The zero-order valence-corrected chi connectivity index (χ0v) is 10.8. The molecular formula is C12H14ClNOS. The van der Waals surface area contributed by atoms with Gasteiger partial charge in [0.05, 0.1) is 10.6 Å². The summed E-state index contributed by atoms with van der Waals surface area (Å²) in [6.45, 7) is 2.73. The van der Waals surface area contributed by atoms with Gasteiger partial charge in [-0.25, -0.2) is 0 Å². The smallest absolute Gasteiger partial charge is 0.255 e. The predicted molar refractivity (Wildman–Crippen MR) is 68.4 cm³/mol. The lowest BCUT2D eigenvalue weighted by molar-refractivity contribution is 0.0752. The molecule has 0 saturated heterocycles. The summed E-state index contributed by atoms with van der Waals surface area (Å²) in [7, 11) is 0. The Labute approximate surface area is 106 Å². The highest BCUT2D eigenvalue weighted by Crippen LogP contribution is 2.30. The maximum Gasteiger partial charge on any atom is 0.255 e. The van der Waals surface area contributed by atoms with Crippen molar-refractivity contribution in [3.05, 3.63) is 28.8 Å². The van der Waals surface area contributed by atoms with Gasteiger partial charge in [0.15, 0.2) is 0 Å².